The number of nitrogens with zero attached hydrogens (tertiary/aromatic N) is 1. The van der Waals surface area contributed by atoms with E-state index in [-0.39, 0.29) is 24.1 Å². The molecule has 4 rings (SSSR count). The summed E-state index contributed by atoms with van der Waals surface area (Å²) < 4.78 is 13.4. The first-order valence-corrected chi connectivity index (χ1v) is 9.19. The van der Waals surface area contributed by atoms with Crippen molar-refractivity contribution in [2.45, 2.75) is 38.9 Å². The summed E-state index contributed by atoms with van der Waals surface area (Å²) in [6.45, 7) is 2.52. The van der Waals surface area contributed by atoms with Crippen molar-refractivity contribution in [2.75, 3.05) is 5.32 Å². The molecule has 0 spiro atoms. The summed E-state index contributed by atoms with van der Waals surface area (Å²) in [5.74, 6) is -1.17. The van der Waals surface area contributed by atoms with Gasteiger partial charge in [0.2, 0.25) is 11.8 Å². The van der Waals surface area contributed by atoms with Crippen LogP contribution < -0.4 is 10.6 Å². The minimum atomic E-state index is -0.634. The molecule has 2 N–H and O–H groups in total. The highest BCUT2D eigenvalue weighted by Crippen LogP contribution is 2.32. The van der Waals surface area contributed by atoms with Gasteiger partial charge in [0.15, 0.2) is 0 Å². The number of hydrogen-bond acceptors (Lipinski definition) is 4. The summed E-state index contributed by atoms with van der Waals surface area (Å²) in [6, 6.07) is 9.74. The van der Waals surface area contributed by atoms with E-state index >= 15 is 0 Å². The van der Waals surface area contributed by atoms with Crippen LogP contribution in [0.4, 0.5) is 10.1 Å². The topological polar surface area (TPSA) is 78.5 Å². The van der Waals surface area contributed by atoms with Gasteiger partial charge in [0.1, 0.15) is 11.9 Å². The number of halogens is 1. The molecule has 2 aromatic rings. The predicted molar refractivity (Wildman–Crippen MR) is 101 cm³/mol. The van der Waals surface area contributed by atoms with E-state index in [1.165, 1.54) is 11.0 Å². The van der Waals surface area contributed by atoms with Crippen LogP contribution in [0.2, 0.25) is 0 Å². The maximum atomic E-state index is 13.4. The highest BCUT2D eigenvalue weighted by molar-refractivity contribution is 6.06. The van der Waals surface area contributed by atoms with Crippen LogP contribution in [0.5, 0.6) is 0 Å². The highest BCUT2D eigenvalue weighted by atomic mass is 19.1. The highest BCUT2D eigenvalue weighted by Gasteiger charge is 2.39. The summed E-state index contributed by atoms with van der Waals surface area (Å²) in [4.78, 5) is 37.9. The molecule has 0 radical (unpaired) electrons. The van der Waals surface area contributed by atoms with Crippen molar-refractivity contribution in [3.05, 3.63) is 64.5 Å². The van der Waals surface area contributed by atoms with Gasteiger partial charge in [0, 0.05) is 36.3 Å². The summed E-state index contributed by atoms with van der Waals surface area (Å²) in [6.07, 6.45) is 0.563. The van der Waals surface area contributed by atoms with E-state index in [4.69, 9.17) is 0 Å². The number of aryl methyl sites for hydroxylation is 1. The summed E-state index contributed by atoms with van der Waals surface area (Å²) in [5, 5.41) is 5.62. The average Bonchev–Trinajstić information content (AvgIpc) is 3.00. The second-order valence-corrected chi connectivity index (χ2v) is 7.17. The van der Waals surface area contributed by atoms with Crippen LogP contribution in [0, 0.1) is 12.7 Å². The zero-order valence-electron chi connectivity index (χ0n) is 15.4. The van der Waals surface area contributed by atoms with E-state index < -0.39 is 11.9 Å². The summed E-state index contributed by atoms with van der Waals surface area (Å²) in [5.41, 5.74) is 3.71. The molecule has 28 heavy (non-hydrogen) atoms. The molecule has 0 saturated carbocycles. The number of hydrogen-bond donors (Lipinski definition) is 2. The second-order valence-electron chi connectivity index (χ2n) is 7.17. The Morgan fingerprint density at radius 2 is 2.04 bits per heavy atom. The Balaban J connectivity index is 1.53. The van der Waals surface area contributed by atoms with Gasteiger partial charge in [-0.3, -0.25) is 19.7 Å². The first kappa shape index (κ1) is 18.2. The Labute approximate surface area is 161 Å². The third kappa shape index (κ3) is 3.24. The molecule has 1 fully saturated rings. The van der Waals surface area contributed by atoms with Crippen molar-refractivity contribution >= 4 is 23.4 Å². The molecule has 2 aliphatic heterocycles. The largest absolute Gasteiger partial charge is 0.381 e. The molecular weight excluding hydrogens is 361 g/mol. The lowest BCUT2D eigenvalue weighted by Gasteiger charge is -2.29. The van der Waals surface area contributed by atoms with Crippen molar-refractivity contribution in [3.8, 4) is 0 Å². The van der Waals surface area contributed by atoms with Crippen molar-refractivity contribution in [1.29, 1.82) is 0 Å². The fourth-order valence-corrected chi connectivity index (χ4v) is 3.77. The Hall–Kier alpha value is -3.22. The lowest BCUT2D eigenvalue weighted by molar-refractivity contribution is -0.136. The quantitative estimate of drug-likeness (QED) is 0.798. The Bertz CT molecular complexity index is 989. The van der Waals surface area contributed by atoms with Crippen LogP contribution >= 0.6 is 0 Å². The maximum Gasteiger partial charge on any atom is 0.255 e. The first-order chi connectivity index (χ1) is 13.4. The van der Waals surface area contributed by atoms with Gasteiger partial charge in [0.25, 0.3) is 5.91 Å². The number of piperidine rings is 1. The summed E-state index contributed by atoms with van der Waals surface area (Å²) >= 11 is 0. The van der Waals surface area contributed by atoms with Crippen LogP contribution in [0.3, 0.4) is 0 Å². The van der Waals surface area contributed by atoms with Crippen molar-refractivity contribution < 1.29 is 18.8 Å². The molecule has 7 heteroatoms. The van der Waals surface area contributed by atoms with Crippen molar-refractivity contribution in [3.63, 3.8) is 0 Å². The number of imide groups is 1. The molecule has 0 aliphatic carbocycles. The van der Waals surface area contributed by atoms with Crippen LogP contribution in [-0.4, -0.2) is 28.7 Å². The molecule has 6 nitrogen and oxygen atoms in total. The first-order valence-electron chi connectivity index (χ1n) is 9.19. The van der Waals surface area contributed by atoms with Gasteiger partial charge in [0.05, 0.1) is 0 Å². The second kappa shape index (κ2) is 7.07. The Morgan fingerprint density at radius 1 is 1.21 bits per heavy atom. The molecule has 0 bridgehead atoms. The van der Waals surface area contributed by atoms with Crippen LogP contribution in [0.1, 0.15) is 39.9 Å². The van der Waals surface area contributed by atoms with Gasteiger partial charge in [-0.25, -0.2) is 4.39 Å². The Morgan fingerprint density at radius 3 is 2.79 bits per heavy atom. The number of carbonyl (C=O) groups is 3. The van der Waals surface area contributed by atoms with Crippen LogP contribution in [-0.2, 0) is 22.7 Å². The standard InChI is InChI=1S/C21H20FN3O3/c1-12-9-13(5-6-16(12)22)10-23-17-4-2-3-14-15(17)11-25(21(14)28)18-7-8-19(26)24-20(18)27/h2-6,9,18,23H,7-8,10-11H2,1H3,(H,24,26,27)/t18-/m0/s1. The lowest BCUT2D eigenvalue weighted by atomic mass is 10.0. The van der Waals surface area contributed by atoms with Gasteiger partial charge >= 0.3 is 0 Å². The fraction of sp³-hybridized carbons (Fsp3) is 0.286. The van der Waals surface area contributed by atoms with Gasteiger partial charge < -0.3 is 10.2 Å². The zero-order valence-corrected chi connectivity index (χ0v) is 15.4. The van der Waals surface area contributed by atoms with E-state index in [1.807, 2.05) is 6.07 Å². The number of anilines is 1. The molecule has 1 saturated heterocycles. The Kier molecular flexibility index (Phi) is 4.58. The number of amides is 3. The molecule has 3 amide bonds. The normalized spacial score (nSPS) is 18.9. The van der Waals surface area contributed by atoms with E-state index in [0.717, 1.165) is 16.8 Å². The molecular formula is C21H20FN3O3. The van der Waals surface area contributed by atoms with Crippen LogP contribution in [0.15, 0.2) is 36.4 Å². The molecule has 2 aromatic carbocycles. The SMILES string of the molecule is Cc1cc(CNc2cccc3c2CN([C@H]2CCC(=O)NC2=O)C3=O)ccc1F. The molecule has 144 valence electrons. The molecule has 1 atom stereocenters. The fourth-order valence-electron chi connectivity index (χ4n) is 3.77. The van der Waals surface area contributed by atoms with Gasteiger partial charge in [-0.1, -0.05) is 18.2 Å². The zero-order chi connectivity index (χ0) is 19.8. The van der Waals surface area contributed by atoms with Crippen molar-refractivity contribution in [2.24, 2.45) is 0 Å². The van der Waals surface area contributed by atoms with E-state index in [0.29, 0.717) is 30.6 Å². The number of benzene rings is 2. The molecule has 2 aliphatic rings. The van der Waals surface area contributed by atoms with E-state index in [9.17, 15) is 18.8 Å². The van der Waals surface area contributed by atoms with Crippen molar-refractivity contribution in [1.82, 2.24) is 10.2 Å². The monoisotopic (exact) mass is 381 g/mol. The minimum Gasteiger partial charge on any atom is -0.381 e. The molecule has 2 heterocycles. The van der Waals surface area contributed by atoms with Gasteiger partial charge in [-0.05, 0) is 42.7 Å². The van der Waals surface area contributed by atoms with Crippen LogP contribution in [0.25, 0.3) is 0 Å². The molecule has 0 aromatic heterocycles. The molecule has 0 unspecified atom stereocenters. The summed E-state index contributed by atoms with van der Waals surface area (Å²) in [7, 11) is 0. The van der Waals surface area contributed by atoms with E-state index in [2.05, 4.69) is 10.6 Å². The lowest BCUT2D eigenvalue weighted by Crippen LogP contribution is -2.52. The minimum absolute atomic E-state index is 0.203. The van der Waals surface area contributed by atoms with Gasteiger partial charge in [-0.2, -0.15) is 0 Å². The third-order valence-corrected chi connectivity index (χ3v) is 5.29. The van der Waals surface area contributed by atoms with Gasteiger partial charge in [-0.15, -0.1) is 0 Å². The number of rotatable bonds is 4. The average molecular weight is 381 g/mol. The van der Waals surface area contributed by atoms with E-state index in [1.54, 1.807) is 31.2 Å². The number of nitrogens with one attached hydrogen (secondary N) is 2. The number of carbonyl (C=O) groups excluding carboxylic acids is 3. The predicted octanol–water partition coefficient (Wildman–Crippen LogP) is 2.51. The number of fused-ring (bicyclic) bond motifs is 1. The maximum absolute atomic E-state index is 13.4. The smallest absolute Gasteiger partial charge is 0.255 e. The third-order valence-electron chi connectivity index (χ3n) is 5.29.